The van der Waals surface area contributed by atoms with Crippen LogP contribution < -0.4 is 0 Å². The number of hydrogen-bond donors (Lipinski definition) is 0. The summed E-state index contributed by atoms with van der Waals surface area (Å²) in [6.07, 6.45) is 45.6. The number of unbranched alkanes of at least 4 members (excludes halogenated alkanes) is 27. The molecule has 0 aromatic rings. The SMILES string of the molecule is CCCCCCCCC/C=C\CCCCCCCCOC(=O)CCCCCCCCCCCCCCCCC. The largest absolute Gasteiger partial charge is 0.466 e. The molecule has 0 saturated heterocycles. The summed E-state index contributed by atoms with van der Waals surface area (Å²) in [6, 6.07) is 0. The lowest BCUT2D eigenvalue weighted by Gasteiger charge is -2.05. The van der Waals surface area contributed by atoms with E-state index >= 15 is 0 Å². The van der Waals surface area contributed by atoms with Gasteiger partial charge in [-0.25, -0.2) is 0 Å². The fraction of sp³-hybridized carbons (Fsp3) is 0.919. The number of rotatable bonds is 33. The van der Waals surface area contributed by atoms with Gasteiger partial charge in [0, 0.05) is 6.42 Å². The summed E-state index contributed by atoms with van der Waals surface area (Å²) in [5, 5.41) is 0. The first-order valence-corrected chi connectivity index (χ1v) is 18.1. The first-order chi connectivity index (χ1) is 19.3. The Balaban J connectivity index is 3.18. The molecule has 0 amide bonds. The predicted molar refractivity (Wildman–Crippen MR) is 175 cm³/mol. The fourth-order valence-electron chi connectivity index (χ4n) is 5.43. The highest BCUT2D eigenvalue weighted by molar-refractivity contribution is 5.69. The summed E-state index contributed by atoms with van der Waals surface area (Å²) >= 11 is 0. The smallest absolute Gasteiger partial charge is 0.305 e. The van der Waals surface area contributed by atoms with Gasteiger partial charge in [0.1, 0.15) is 0 Å². The number of hydrogen-bond acceptors (Lipinski definition) is 2. The summed E-state index contributed by atoms with van der Waals surface area (Å²) in [5.74, 6) is 0.0213. The monoisotopic (exact) mass is 549 g/mol. The molecule has 0 unspecified atom stereocenters. The Morgan fingerprint density at radius 3 is 1.10 bits per heavy atom. The number of allylic oxidation sites excluding steroid dienone is 2. The lowest BCUT2D eigenvalue weighted by molar-refractivity contribution is -0.143. The molecule has 0 aliphatic carbocycles. The molecule has 0 fully saturated rings. The van der Waals surface area contributed by atoms with Crippen LogP contribution in [0.15, 0.2) is 12.2 Å². The Morgan fingerprint density at radius 2 is 0.718 bits per heavy atom. The van der Waals surface area contributed by atoms with Crippen molar-refractivity contribution in [3.63, 3.8) is 0 Å². The third kappa shape index (κ3) is 35.2. The van der Waals surface area contributed by atoms with Crippen molar-refractivity contribution in [1.82, 2.24) is 0 Å². The number of ether oxygens (including phenoxy) is 1. The maximum Gasteiger partial charge on any atom is 0.305 e. The van der Waals surface area contributed by atoms with Crippen LogP contribution >= 0.6 is 0 Å². The molecular weight excluding hydrogens is 476 g/mol. The van der Waals surface area contributed by atoms with Crippen molar-refractivity contribution in [2.24, 2.45) is 0 Å². The maximum atomic E-state index is 11.9. The summed E-state index contributed by atoms with van der Waals surface area (Å²) < 4.78 is 5.44. The van der Waals surface area contributed by atoms with Crippen molar-refractivity contribution < 1.29 is 9.53 Å². The van der Waals surface area contributed by atoms with Crippen LogP contribution in [0.4, 0.5) is 0 Å². The first kappa shape index (κ1) is 38.2. The maximum absolute atomic E-state index is 11.9. The molecule has 0 rings (SSSR count). The summed E-state index contributed by atoms with van der Waals surface area (Å²) in [5.41, 5.74) is 0. The summed E-state index contributed by atoms with van der Waals surface area (Å²) in [7, 11) is 0. The van der Waals surface area contributed by atoms with Gasteiger partial charge in [-0.1, -0.05) is 180 Å². The van der Waals surface area contributed by atoms with E-state index in [-0.39, 0.29) is 5.97 Å². The Hall–Kier alpha value is -0.790. The topological polar surface area (TPSA) is 26.3 Å². The molecule has 0 radical (unpaired) electrons. The van der Waals surface area contributed by atoms with E-state index in [9.17, 15) is 4.79 Å². The van der Waals surface area contributed by atoms with Gasteiger partial charge in [-0.05, 0) is 38.5 Å². The van der Waals surface area contributed by atoms with Gasteiger partial charge in [0.05, 0.1) is 6.61 Å². The standard InChI is InChI=1S/C37H72O2/c1-3-5-7-9-11-13-15-17-19-20-22-24-26-28-30-32-34-36-39-37(38)35-33-31-29-27-25-23-21-18-16-14-12-10-8-6-4-2/h19-20H,3-18,21-36H2,1-2H3/b20-19-. The van der Waals surface area contributed by atoms with E-state index in [4.69, 9.17) is 4.74 Å². The number of carbonyl (C=O) groups is 1. The van der Waals surface area contributed by atoms with Crippen LogP contribution in [0.5, 0.6) is 0 Å². The molecule has 0 saturated carbocycles. The zero-order chi connectivity index (χ0) is 28.3. The zero-order valence-electron chi connectivity index (χ0n) is 27.1. The third-order valence-corrected chi connectivity index (χ3v) is 8.15. The average molecular weight is 549 g/mol. The molecule has 0 atom stereocenters. The summed E-state index contributed by atoms with van der Waals surface area (Å²) in [6.45, 7) is 5.20. The minimum Gasteiger partial charge on any atom is -0.466 e. The second kappa shape index (κ2) is 35.2. The van der Waals surface area contributed by atoms with Gasteiger partial charge in [-0.2, -0.15) is 0 Å². The molecule has 0 aliphatic heterocycles. The van der Waals surface area contributed by atoms with Gasteiger partial charge >= 0.3 is 5.97 Å². The Morgan fingerprint density at radius 1 is 0.410 bits per heavy atom. The van der Waals surface area contributed by atoms with Crippen LogP contribution in [-0.4, -0.2) is 12.6 Å². The molecule has 2 heteroatoms. The highest BCUT2D eigenvalue weighted by atomic mass is 16.5. The van der Waals surface area contributed by atoms with Crippen LogP contribution in [0, 0.1) is 0 Å². The van der Waals surface area contributed by atoms with Gasteiger partial charge in [0.25, 0.3) is 0 Å². The Kier molecular flexibility index (Phi) is 34.5. The van der Waals surface area contributed by atoms with E-state index in [0.717, 1.165) is 12.8 Å². The van der Waals surface area contributed by atoms with Gasteiger partial charge in [0.15, 0.2) is 0 Å². The van der Waals surface area contributed by atoms with Gasteiger partial charge in [-0.3, -0.25) is 4.79 Å². The summed E-state index contributed by atoms with van der Waals surface area (Å²) in [4.78, 5) is 11.9. The first-order valence-electron chi connectivity index (χ1n) is 18.1. The van der Waals surface area contributed by atoms with E-state index in [2.05, 4.69) is 26.0 Å². The lowest BCUT2D eigenvalue weighted by Crippen LogP contribution is -2.05. The molecule has 0 spiro atoms. The number of esters is 1. The highest BCUT2D eigenvalue weighted by Crippen LogP contribution is 2.14. The van der Waals surface area contributed by atoms with E-state index in [0.29, 0.717) is 13.0 Å². The molecular formula is C37H72O2. The second-order valence-corrected chi connectivity index (χ2v) is 12.2. The minimum atomic E-state index is 0.0213. The highest BCUT2D eigenvalue weighted by Gasteiger charge is 2.02. The van der Waals surface area contributed by atoms with Crippen LogP contribution in [0.25, 0.3) is 0 Å². The Bertz CT molecular complexity index is 484. The quantitative estimate of drug-likeness (QED) is 0.0463. The van der Waals surface area contributed by atoms with Crippen molar-refractivity contribution in [1.29, 1.82) is 0 Å². The Labute approximate surface area is 246 Å². The molecule has 232 valence electrons. The third-order valence-electron chi connectivity index (χ3n) is 8.15. The molecule has 0 aliphatic rings. The predicted octanol–water partition coefficient (Wildman–Crippen LogP) is 13.2. The molecule has 0 aromatic heterocycles. The molecule has 0 bridgehead atoms. The molecule has 0 N–H and O–H groups in total. The van der Waals surface area contributed by atoms with Crippen LogP contribution in [0.1, 0.15) is 213 Å². The van der Waals surface area contributed by atoms with Gasteiger partial charge in [-0.15, -0.1) is 0 Å². The van der Waals surface area contributed by atoms with Crippen LogP contribution in [-0.2, 0) is 9.53 Å². The van der Waals surface area contributed by atoms with Crippen molar-refractivity contribution in [3.8, 4) is 0 Å². The van der Waals surface area contributed by atoms with Crippen molar-refractivity contribution >= 4 is 5.97 Å². The second-order valence-electron chi connectivity index (χ2n) is 12.2. The normalized spacial score (nSPS) is 11.5. The van der Waals surface area contributed by atoms with Gasteiger partial charge in [0.2, 0.25) is 0 Å². The van der Waals surface area contributed by atoms with Crippen LogP contribution in [0.3, 0.4) is 0 Å². The van der Waals surface area contributed by atoms with Crippen molar-refractivity contribution in [2.75, 3.05) is 6.61 Å². The van der Waals surface area contributed by atoms with Crippen molar-refractivity contribution in [2.45, 2.75) is 213 Å². The van der Waals surface area contributed by atoms with E-state index < -0.39 is 0 Å². The fourth-order valence-corrected chi connectivity index (χ4v) is 5.43. The average Bonchev–Trinajstić information content (AvgIpc) is 2.94. The van der Waals surface area contributed by atoms with E-state index in [1.165, 1.54) is 180 Å². The van der Waals surface area contributed by atoms with Gasteiger partial charge < -0.3 is 4.74 Å². The molecule has 0 aromatic carbocycles. The minimum absolute atomic E-state index is 0.0213. The van der Waals surface area contributed by atoms with Crippen LogP contribution in [0.2, 0.25) is 0 Å². The van der Waals surface area contributed by atoms with Crippen molar-refractivity contribution in [3.05, 3.63) is 12.2 Å². The molecule has 0 heterocycles. The molecule has 2 nitrogen and oxygen atoms in total. The lowest BCUT2D eigenvalue weighted by atomic mass is 10.0. The zero-order valence-corrected chi connectivity index (χ0v) is 27.1. The molecule has 39 heavy (non-hydrogen) atoms. The van der Waals surface area contributed by atoms with E-state index in [1.54, 1.807) is 0 Å². The number of carbonyl (C=O) groups excluding carboxylic acids is 1. The van der Waals surface area contributed by atoms with E-state index in [1.807, 2.05) is 0 Å².